The molecule has 0 bridgehead atoms. The lowest BCUT2D eigenvalue weighted by atomic mass is 9.95. The van der Waals surface area contributed by atoms with Crippen LogP contribution in [-0.4, -0.2) is 22.0 Å². The summed E-state index contributed by atoms with van der Waals surface area (Å²) >= 11 is 6.24. The fourth-order valence-corrected chi connectivity index (χ4v) is 2.84. The van der Waals surface area contributed by atoms with Crippen molar-refractivity contribution in [3.63, 3.8) is 0 Å². The Morgan fingerprint density at radius 2 is 1.90 bits per heavy atom. The lowest BCUT2D eigenvalue weighted by Gasteiger charge is -2.18. The monoisotopic (exact) mass is 294 g/mol. The van der Waals surface area contributed by atoms with Gasteiger partial charge in [-0.3, -0.25) is 4.68 Å². The number of aromatic nitrogens is 2. The Kier molecular flexibility index (Phi) is 4.06. The first-order valence-corrected chi connectivity index (χ1v) is 6.76. The highest BCUT2D eigenvalue weighted by molar-refractivity contribution is 6.30. The van der Waals surface area contributed by atoms with E-state index in [1.165, 1.54) is 0 Å². The van der Waals surface area contributed by atoms with Crippen molar-refractivity contribution in [3.05, 3.63) is 45.2 Å². The topological polar surface area (TPSA) is 47.3 Å². The molecule has 1 N–H and O–H groups in total. The maximum atomic E-state index is 10.7. The Bertz CT molecular complexity index is 650. The summed E-state index contributed by atoms with van der Waals surface area (Å²) in [5.41, 5.74) is 4.13. The summed E-state index contributed by atoms with van der Waals surface area (Å²) in [7, 11) is 3.35. The number of halogens is 1. The molecule has 0 fully saturated rings. The third-order valence-electron chi connectivity index (χ3n) is 3.46. The lowest BCUT2D eigenvalue weighted by Crippen LogP contribution is -2.06. The second-order valence-electron chi connectivity index (χ2n) is 5.01. The zero-order valence-electron chi connectivity index (χ0n) is 12.4. The molecule has 1 heterocycles. The molecule has 0 aliphatic heterocycles. The minimum atomic E-state index is -0.855. The Morgan fingerprint density at radius 3 is 2.40 bits per heavy atom. The number of rotatable bonds is 3. The summed E-state index contributed by atoms with van der Waals surface area (Å²) in [6.07, 6.45) is -0.855. The van der Waals surface area contributed by atoms with Crippen molar-refractivity contribution in [2.24, 2.45) is 7.05 Å². The maximum Gasteiger partial charge on any atom is 0.133 e. The van der Waals surface area contributed by atoms with E-state index in [2.05, 4.69) is 5.10 Å². The molecule has 20 heavy (non-hydrogen) atoms. The predicted octanol–water partition coefficient (Wildman–Crippen LogP) is 3.09. The van der Waals surface area contributed by atoms with Crippen molar-refractivity contribution in [3.8, 4) is 5.75 Å². The van der Waals surface area contributed by atoms with E-state index in [9.17, 15) is 5.11 Å². The molecule has 2 aromatic rings. The van der Waals surface area contributed by atoms with E-state index >= 15 is 0 Å². The average Bonchev–Trinajstić information content (AvgIpc) is 2.61. The summed E-state index contributed by atoms with van der Waals surface area (Å²) in [5, 5.41) is 15.4. The van der Waals surface area contributed by atoms with Crippen LogP contribution in [0.15, 0.2) is 12.1 Å². The molecule has 2 rings (SSSR count). The van der Waals surface area contributed by atoms with Crippen LogP contribution in [0.25, 0.3) is 0 Å². The van der Waals surface area contributed by atoms with Crippen LogP contribution >= 0.6 is 11.6 Å². The van der Waals surface area contributed by atoms with Gasteiger partial charge in [0.1, 0.15) is 17.0 Å². The normalized spacial score (nSPS) is 12.6. The summed E-state index contributed by atoms with van der Waals surface area (Å²) in [6.45, 7) is 5.78. The molecule has 1 aromatic carbocycles. The van der Waals surface area contributed by atoms with Crippen LogP contribution in [0.2, 0.25) is 5.15 Å². The number of ether oxygens (including phenoxy) is 1. The van der Waals surface area contributed by atoms with Gasteiger partial charge in [-0.25, -0.2) is 0 Å². The highest BCUT2D eigenvalue weighted by atomic mass is 35.5. The fraction of sp³-hybridized carbons (Fsp3) is 0.400. The third-order valence-corrected chi connectivity index (χ3v) is 3.90. The van der Waals surface area contributed by atoms with Crippen molar-refractivity contribution in [1.29, 1.82) is 0 Å². The average molecular weight is 295 g/mol. The molecule has 108 valence electrons. The van der Waals surface area contributed by atoms with E-state index in [0.717, 1.165) is 16.7 Å². The smallest absolute Gasteiger partial charge is 0.133 e. The Labute approximate surface area is 123 Å². The SMILES string of the molecule is COc1cc(C)cc(C)c1C(O)c1c(C)nn(C)c1Cl. The molecule has 0 amide bonds. The summed E-state index contributed by atoms with van der Waals surface area (Å²) in [6, 6.07) is 3.92. The highest BCUT2D eigenvalue weighted by Crippen LogP contribution is 2.37. The number of aliphatic hydroxyl groups excluding tert-OH is 1. The number of aliphatic hydroxyl groups is 1. The fourth-order valence-electron chi connectivity index (χ4n) is 2.56. The first kappa shape index (κ1) is 14.9. The molecule has 1 unspecified atom stereocenters. The van der Waals surface area contributed by atoms with Crippen LogP contribution in [0, 0.1) is 20.8 Å². The van der Waals surface area contributed by atoms with Crippen molar-refractivity contribution >= 4 is 11.6 Å². The first-order valence-electron chi connectivity index (χ1n) is 6.39. The standard InChI is InChI=1S/C15H19ClN2O2/c1-8-6-9(2)12(11(7-8)20-5)14(19)13-10(3)17-18(4)15(13)16/h6-7,14,19H,1-5H3. The summed E-state index contributed by atoms with van der Waals surface area (Å²) < 4.78 is 6.97. The number of hydrogen-bond donors (Lipinski definition) is 1. The number of aryl methyl sites for hydroxylation is 4. The number of methoxy groups -OCH3 is 1. The molecule has 1 atom stereocenters. The van der Waals surface area contributed by atoms with Crippen LogP contribution in [0.5, 0.6) is 5.75 Å². The molecule has 0 aliphatic rings. The van der Waals surface area contributed by atoms with E-state index < -0.39 is 6.10 Å². The molecule has 1 aromatic heterocycles. The minimum Gasteiger partial charge on any atom is -0.496 e. The molecule has 0 radical (unpaired) electrons. The van der Waals surface area contributed by atoms with Gasteiger partial charge >= 0.3 is 0 Å². The molecular formula is C15H19ClN2O2. The lowest BCUT2D eigenvalue weighted by molar-refractivity contribution is 0.213. The van der Waals surface area contributed by atoms with Crippen molar-refractivity contribution in [1.82, 2.24) is 9.78 Å². The predicted molar refractivity (Wildman–Crippen MR) is 79.5 cm³/mol. The van der Waals surface area contributed by atoms with E-state index in [4.69, 9.17) is 16.3 Å². The third kappa shape index (κ3) is 2.41. The van der Waals surface area contributed by atoms with Crippen molar-refractivity contribution < 1.29 is 9.84 Å². The van der Waals surface area contributed by atoms with Gasteiger partial charge in [-0.2, -0.15) is 5.10 Å². The van der Waals surface area contributed by atoms with Crippen molar-refractivity contribution in [2.45, 2.75) is 26.9 Å². The molecular weight excluding hydrogens is 276 g/mol. The Balaban J connectivity index is 2.62. The van der Waals surface area contributed by atoms with Gasteiger partial charge in [0.15, 0.2) is 0 Å². The Hall–Kier alpha value is -1.52. The van der Waals surface area contributed by atoms with Gasteiger partial charge in [0, 0.05) is 18.2 Å². The van der Waals surface area contributed by atoms with Crippen LogP contribution in [0.1, 0.15) is 34.1 Å². The quantitative estimate of drug-likeness (QED) is 0.946. The van der Waals surface area contributed by atoms with Gasteiger partial charge < -0.3 is 9.84 Å². The van der Waals surface area contributed by atoms with E-state index in [1.54, 1.807) is 18.8 Å². The first-order chi connectivity index (χ1) is 9.36. The van der Waals surface area contributed by atoms with Gasteiger partial charge in [-0.1, -0.05) is 17.7 Å². The zero-order valence-corrected chi connectivity index (χ0v) is 13.1. The second-order valence-corrected chi connectivity index (χ2v) is 5.37. The zero-order chi connectivity index (χ0) is 15.0. The largest absolute Gasteiger partial charge is 0.496 e. The second kappa shape index (κ2) is 5.46. The number of nitrogens with zero attached hydrogens (tertiary/aromatic N) is 2. The highest BCUT2D eigenvalue weighted by Gasteiger charge is 2.25. The number of benzene rings is 1. The van der Waals surface area contributed by atoms with Gasteiger partial charge in [-0.05, 0) is 38.0 Å². The van der Waals surface area contributed by atoms with Gasteiger partial charge in [0.05, 0.1) is 12.8 Å². The van der Waals surface area contributed by atoms with Gasteiger partial charge in [0.25, 0.3) is 0 Å². The van der Waals surface area contributed by atoms with Gasteiger partial charge in [0.2, 0.25) is 0 Å². The van der Waals surface area contributed by atoms with Crippen LogP contribution in [-0.2, 0) is 7.05 Å². The summed E-state index contributed by atoms with van der Waals surface area (Å²) in [4.78, 5) is 0. The van der Waals surface area contributed by atoms with E-state index in [-0.39, 0.29) is 0 Å². The maximum absolute atomic E-state index is 10.7. The molecule has 5 heteroatoms. The molecule has 4 nitrogen and oxygen atoms in total. The van der Waals surface area contributed by atoms with Crippen LogP contribution < -0.4 is 4.74 Å². The number of hydrogen-bond acceptors (Lipinski definition) is 3. The molecule has 0 saturated carbocycles. The minimum absolute atomic E-state index is 0.442. The van der Waals surface area contributed by atoms with Crippen molar-refractivity contribution in [2.75, 3.05) is 7.11 Å². The van der Waals surface area contributed by atoms with E-state index in [1.807, 2.05) is 32.9 Å². The Morgan fingerprint density at radius 1 is 1.25 bits per heavy atom. The van der Waals surface area contributed by atoms with Crippen LogP contribution in [0.4, 0.5) is 0 Å². The molecule has 0 saturated heterocycles. The summed E-state index contributed by atoms with van der Waals surface area (Å²) in [5.74, 6) is 0.661. The van der Waals surface area contributed by atoms with Gasteiger partial charge in [-0.15, -0.1) is 0 Å². The molecule has 0 aliphatic carbocycles. The van der Waals surface area contributed by atoms with E-state index in [0.29, 0.717) is 22.2 Å². The van der Waals surface area contributed by atoms with Crippen LogP contribution in [0.3, 0.4) is 0 Å². The molecule has 0 spiro atoms.